The lowest BCUT2D eigenvalue weighted by Gasteiger charge is -2.19. The highest BCUT2D eigenvalue weighted by Crippen LogP contribution is 2.17. The SMILES string of the molecule is CCCCCCCCCC/C=C\CCCCCCCCCCCCCCCCCCCC(=O)NC(CO)C(O)/C=C/CC/C=C/CCCCCCCCCCCCCCCCC. The number of aliphatic hydroxyl groups is 2. The molecule has 0 rings (SSSR count). The van der Waals surface area contributed by atoms with Crippen molar-refractivity contribution >= 4 is 5.91 Å². The number of unbranched alkanes of at least 4 members (excludes halogenated alkanes) is 41. The summed E-state index contributed by atoms with van der Waals surface area (Å²) in [5, 5.41) is 23.1. The number of allylic oxidation sites excluding steroid dienone is 5. The smallest absolute Gasteiger partial charge is 0.220 e. The molecule has 0 aromatic rings. The fraction of sp³-hybridized carbons (Fsp3) is 0.879. The average molecular weight is 871 g/mol. The third-order valence-electron chi connectivity index (χ3n) is 13.1. The van der Waals surface area contributed by atoms with Crippen LogP contribution in [0.2, 0.25) is 0 Å². The predicted molar refractivity (Wildman–Crippen MR) is 276 cm³/mol. The molecule has 0 aliphatic rings. The molecule has 366 valence electrons. The zero-order valence-electron chi connectivity index (χ0n) is 42.2. The molecule has 0 aromatic carbocycles. The number of rotatable bonds is 52. The standard InChI is InChI=1S/C58H111NO3/c1-3-5-7-9-11-13-15-17-19-21-23-25-26-27-28-29-30-31-32-34-36-38-40-42-44-46-48-50-52-54-58(62)59-56(55-60)57(61)53-51-49-47-45-43-41-39-37-35-33-24-22-20-18-16-14-12-10-8-6-4-2/h21,23,43,45,51,53,56-57,60-61H,3-20,22,24-42,44,46-50,52,54-55H2,1-2H3,(H,59,62)/b23-21-,45-43+,53-51+. The monoisotopic (exact) mass is 870 g/mol. The first-order valence-corrected chi connectivity index (χ1v) is 28.2. The maximum atomic E-state index is 12.5. The van der Waals surface area contributed by atoms with Crippen molar-refractivity contribution in [1.82, 2.24) is 5.32 Å². The average Bonchev–Trinajstić information content (AvgIpc) is 3.28. The van der Waals surface area contributed by atoms with E-state index in [2.05, 4.69) is 43.5 Å². The molecule has 3 N–H and O–H groups in total. The van der Waals surface area contributed by atoms with E-state index in [1.54, 1.807) is 6.08 Å². The highest BCUT2D eigenvalue weighted by molar-refractivity contribution is 5.76. The topological polar surface area (TPSA) is 69.6 Å². The third kappa shape index (κ3) is 49.6. The van der Waals surface area contributed by atoms with Crippen molar-refractivity contribution in [3.05, 3.63) is 36.5 Å². The summed E-state index contributed by atoms with van der Waals surface area (Å²) in [6.45, 7) is 4.33. The number of carbonyl (C=O) groups is 1. The van der Waals surface area contributed by atoms with Gasteiger partial charge in [0.05, 0.1) is 18.8 Å². The molecule has 1 amide bonds. The molecule has 0 radical (unpaired) electrons. The summed E-state index contributed by atoms with van der Waals surface area (Å²) in [4.78, 5) is 12.5. The summed E-state index contributed by atoms with van der Waals surface area (Å²) in [6.07, 6.45) is 73.1. The van der Waals surface area contributed by atoms with Crippen LogP contribution in [-0.4, -0.2) is 34.9 Å². The molecule has 0 saturated carbocycles. The van der Waals surface area contributed by atoms with Gasteiger partial charge in [-0.25, -0.2) is 0 Å². The summed E-state index contributed by atoms with van der Waals surface area (Å²) in [5.74, 6) is -0.0686. The number of amides is 1. The first kappa shape index (κ1) is 60.6. The molecule has 0 heterocycles. The lowest BCUT2D eigenvalue weighted by atomic mass is 10.0. The second kappa shape index (κ2) is 53.9. The second-order valence-electron chi connectivity index (χ2n) is 19.3. The van der Waals surface area contributed by atoms with Crippen molar-refractivity contribution in [3.63, 3.8) is 0 Å². The molecule has 0 saturated heterocycles. The van der Waals surface area contributed by atoms with Crippen LogP contribution in [0, 0.1) is 0 Å². The highest BCUT2D eigenvalue weighted by atomic mass is 16.3. The van der Waals surface area contributed by atoms with Gasteiger partial charge in [-0.2, -0.15) is 0 Å². The lowest BCUT2D eigenvalue weighted by Crippen LogP contribution is -2.45. The summed E-state index contributed by atoms with van der Waals surface area (Å²) in [6, 6.07) is -0.638. The Balaban J connectivity index is 3.49. The van der Waals surface area contributed by atoms with Gasteiger partial charge in [-0.15, -0.1) is 0 Å². The van der Waals surface area contributed by atoms with Crippen LogP contribution in [0.15, 0.2) is 36.5 Å². The van der Waals surface area contributed by atoms with E-state index >= 15 is 0 Å². The molecule has 2 unspecified atom stereocenters. The molecule has 0 aromatic heterocycles. The maximum Gasteiger partial charge on any atom is 0.220 e. The van der Waals surface area contributed by atoms with Gasteiger partial charge in [0.25, 0.3) is 0 Å². The van der Waals surface area contributed by atoms with Crippen molar-refractivity contribution in [2.45, 2.75) is 321 Å². The zero-order chi connectivity index (χ0) is 44.9. The van der Waals surface area contributed by atoms with Crippen LogP contribution in [0.1, 0.15) is 309 Å². The molecule has 0 aliphatic carbocycles. The van der Waals surface area contributed by atoms with Gasteiger partial charge in [0.2, 0.25) is 5.91 Å². The lowest BCUT2D eigenvalue weighted by molar-refractivity contribution is -0.123. The molecule has 4 heteroatoms. The number of carbonyl (C=O) groups excluding carboxylic acids is 1. The number of hydrogen-bond donors (Lipinski definition) is 3. The van der Waals surface area contributed by atoms with E-state index in [0.717, 1.165) is 32.1 Å². The summed E-state index contributed by atoms with van der Waals surface area (Å²) >= 11 is 0. The fourth-order valence-electron chi connectivity index (χ4n) is 8.78. The summed E-state index contributed by atoms with van der Waals surface area (Å²) < 4.78 is 0. The van der Waals surface area contributed by atoms with Crippen molar-refractivity contribution in [3.8, 4) is 0 Å². The van der Waals surface area contributed by atoms with E-state index in [1.807, 2.05) is 6.08 Å². The van der Waals surface area contributed by atoms with Gasteiger partial charge in [0.15, 0.2) is 0 Å². The highest BCUT2D eigenvalue weighted by Gasteiger charge is 2.18. The van der Waals surface area contributed by atoms with Gasteiger partial charge in [-0.05, 0) is 57.8 Å². The number of hydrogen-bond acceptors (Lipinski definition) is 3. The number of nitrogens with one attached hydrogen (secondary N) is 1. The second-order valence-corrected chi connectivity index (χ2v) is 19.3. The molecule has 2 atom stereocenters. The van der Waals surface area contributed by atoms with E-state index in [-0.39, 0.29) is 12.5 Å². The Morgan fingerprint density at radius 1 is 0.371 bits per heavy atom. The first-order valence-electron chi connectivity index (χ1n) is 28.2. The number of aliphatic hydroxyl groups excluding tert-OH is 2. The minimum atomic E-state index is -0.861. The Morgan fingerprint density at radius 3 is 0.935 bits per heavy atom. The minimum absolute atomic E-state index is 0.0686. The Morgan fingerprint density at radius 2 is 0.629 bits per heavy atom. The summed E-state index contributed by atoms with van der Waals surface area (Å²) in [5.41, 5.74) is 0. The van der Waals surface area contributed by atoms with E-state index in [4.69, 9.17) is 0 Å². The molecule has 0 aliphatic heterocycles. The van der Waals surface area contributed by atoms with Gasteiger partial charge in [0.1, 0.15) is 0 Å². The molecule has 0 fully saturated rings. The molecular weight excluding hydrogens is 759 g/mol. The van der Waals surface area contributed by atoms with Crippen LogP contribution in [0.5, 0.6) is 0 Å². The van der Waals surface area contributed by atoms with Crippen LogP contribution in [0.4, 0.5) is 0 Å². The van der Waals surface area contributed by atoms with Crippen LogP contribution >= 0.6 is 0 Å². The van der Waals surface area contributed by atoms with Crippen LogP contribution in [0.3, 0.4) is 0 Å². The molecule has 0 bridgehead atoms. The largest absolute Gasteiger partial charge is 0.394 e. The van der Waals surface area contributed by atoms with E-state index in [0.29, 0.717) is 6.42 Å². The van der Waals surface area contributed by atoms with Crippen molar-refractivity contribution < 1.29 is 15.0 Å². The van der Waals surface area contributed by atoms with E-state index in [1.165, 1.54) is 257 Å². The predicted octanol–water partition coefficient (Wildman–Crippen LogP) is 18.5. The first-order chi connectivity index (χ1) is 30.7. The van der Waals surface area contributed by atoms with Crippen molar-refractivity contribution in [2.75, 3.05) is 6.61 Å². The molecule has 4 nitrogen and oxygen atoms in total. The minimum Gasteiger partial charge on any atom is -0.394 e. The Bertz CT molecular complexity index is 943. The van der Waals surface area contributed by atoms with Crippen LogP contribution < -0.4 is 5.32 Å². The van der Waals surface area contributed by atoms with E-state index < -0.39 is 12.1 Å². The Labute approximate surface area is 389 Å². The van der Waals surface area contributed by atoms with Gasteiger partial charge in [-0.1, -0.05) is 281 Å². The van der Waals surface area contributed by atoms with Gasteiger partial charge < -0.3 is 15.5 Å². The molecule has 62 heavy (non-hydrogen) atoms. The van der Waals surface area contributed by atoms with Gasteiger partial charge in [-0.3, -0.25) is 4.79 Å². The van der Waals surface area contributed by atoms with Crippen LogP contribution in [0.25, 0.3) is 0 Å². The van der Waals surface area contributed by atoms with Gasteiger partial charge in [0, 0.05) is 6.42 Å². The fourth-order valence-corrected chi connectivity index (χ4v) is 8.78. The zero-order valence-corrected chi connectivity index (χ0v) is 42.2. The third-order valence-corrected chi connectivity index (χ3v) is 13.1. The Hall–Kier alpha value is -1.39. The maximum absolute atomic E-state index is 12.5. The molecule has 0 spiro atoms. The van der Waals surface area contributed by atoms with Crippen LogP contribution in [-0.2, 0) is 4.79 Å². The van der Waals surface area contributed by atoms with Gasteiger partial charge >= 0.3 is 0 Å². The summed E-state index contributed by atoms with van der Waals surface area (Å²) in [7, 11) is 0. The Kier molecular flexibility index (Phi) is 52.7. The normalized spacial score (nSPS) is 13.0. The van der Waals surface area contributed by atoms with Crippen molar-refractivity contribution in [1.29, 1.82) is 0 Å². The quantitative estimate of drug-likeness (QED) is 0.0421. The van der Waals surface area contributed by atoms with Crippen molar-refractivity contribution in [2.24, 2.45) is 0 Å². The molecular formula is C58H111NO3. The van der Waals surface area contributed by atoms with E-state index in [9.17, 15) is 15.0 Å².